The van der Waals surface area contributed by atoms with Crippen LogP contribution >= 0.6 is 0 Å². The van der Waals surface area contributed by atoms with Crippen LogP contribution in [0.25, 0.3) is 0 Å². The van der Waals surface area contributed by atoms with E-state index < -0.39 is 11.7 Å². The first-order valence-corrected chi connectivity index (χ1v) is 8.30. The number of hydrogen-bond acceptors (Lipinski definition) is 3. The highest BCUT2D eigenvalue weighted by Crippen LogP contribution is 2.13. The Balaban J connectivity index is 1.78. The van der Waals surface area contributed by atoms with Gasteiger partial charge in [0.1, 0.15) is 5.60 Å². The first kappa shape index (κ1) is 18.1. The Labute approximate surface area is 144 Å². The van der Waals surface area contributed by atoms with Crippen LogP contribution in [-0.2, 0) is 24.4 Å². The Hall–Kier alpha value is -2.27. The van der Waals surface area contributed by atoms with Crippen molar-refractivity contribution in [1.29, 1.82) is 0 Å². The number of carbonyl (C=O) groups is 1. The fourth-order valence-corrected chi connectivity index (χ4v) is 2.27. The van der Waals surface area contributed by atoms with E-state index in [1.165, 1.54) is 11.1 Å². The zero-order valence-electron chi connectivity index (χ0n) is 14.9. The number of amides is 1. The minimum atomic E-state index is -0.495. The molecule has 0 saturated heterocycles. The lowest BCUT2D eigenvalue weighted by Gasteiger charge is -2.19. The number of rotatable bonds is 6. The molecule has 0 spiro atoms. The maximum atomic E-state index is 11.7. The normalized spacial score (nSPS) is 11.3. The van der Waals surface area contributed by atoms with Gasteiger partial charge in [0.2, 0.25) is 0 Å². The molecule has 1 heterocycles. The summed E-state index contributed by atoms with van der Waals surface area (Å²) in [6, 6.07) is 9.89. The van der Waals surface area contributed by atoms with Crippen molar-refractivity contribution in [3.8, 4) is 0 Å². The van der Waals surface area contributed by atoms with E-state index in [-0.39, 0.29) is 0 Å². The van der Waals surface area contributed by atoms with Crippen molar-refractivity contribution in [2.75, 3.05) is 5.32 Å². The molecule has 0 bridgehead atoms. The molecule has 5 heteroatoms. The first-order valence-electron chi connectivity index (χ1n) is 8.30. The molecular weight excluding hydrogens is 302 g/mol. The molecule has 0 atom stereocenters. The number of anilines is 1. The summed E-state index contributed by atoms with van der Waals surface area (Å²) < 4.78 is 7.39. The molecule has 24 heavy (non-hydrogen) atoms. The molecule has 0 aliphatic heterocycles. The average molecular weight is 329 g/mol. The van der Waals surface area contributed by atoms with Gasteiger partial charge in [-0.1, -0.05) is 12.1 Å². The predicted octanol–water partition coefficient (Wildman–Crippen LogP) is 4.14. The maximum absolute atomic E-state index is 11.7. The van der Waals surface area contributed by atoms with Crippen LogP contribution in [0.4, 0.5) is 10.5 Å². The summed E-state index contributed by atoms with van der Waals surface area (Å²) in [5.74, 6) is 0. The average Bonchev–Trinajstić information content (AvgIpc) is 2.95. The Morgan fingerprint density at radius 3 is 2.33 bits per heavy atom. The van der Waals surface area contributed by atoms with Gasteiger partial charge in [-0.05, 0) is 57.0 Å². The fraction of sp³-hybridized carbons (Fsp3) is 0.421. The highest BCUT2D eigenvalue weighted by molar-refractivity contribution is 5.84. The van der Waals surface area contributed by atoms with Crippen molar-refractivity contribution < 1.29 is 9.53 Å². The minimum absolute atomic E-state index is 0.436. The van der Waals surface area contributed by atoms with Crippen molar-refractivity contribution >= 4 is 11.8 Å². The molecule has 130 valence electrons. The second kappa shape index (κ2) is 8.02. The standard InChI is InChI=1S/C19H27N3O2/c1-5-22-11-10-16(14-22)13-20-12-15-6-8-17(9-7-15)21-18(23)24-19(2,3)4/h6-11,14,20H,5,12-13H2,1-4H3,(H,21,23). The van der Waals surface area contributed by atoms with Gasteiger partial charge in [-0.2, -0.15) is 0 Å². The smallest absolute Gasteiger partial charge is 0.412 e. The zero-order valence-corrected chi connectivity index (χ0v) is 14.9. The van der Waals surface area contributed by atoms with Crippen LogP contribution in [0.1, 0.15) is 38.8 Å². The number of aromatic nitrogens is 1. The molecule has 5 nitrogen and oxygen atoms in total. The summed E-state index contributed by atoms with van der Waals surface area (Å²) in [7, 11) is 0. The number of benzene rings is 1. The van der Waals surface area contributed by atoms with Gasteiger partial charge in [-0.15, -0.1) is 0 Å². The number of nitrogens with zero attached hydrogens (tertiary/aromatic N) is 1. The molecule has 2 N–H and O–H groups in total. The summed E-state index contributed by atoms with van der Waals surface area (Å²) in [6.45, 7) is 10.3. The van der Waals surface area contributed by atoms with Crippen LogP contribution in [0.15, 0.2) is 42.7 Å². The van der Waals surface area contributed by atoms with Crippen molar-refractivity contribution in [1.82, 2.24) is 9.88 Å². The molecule has 0 radical (unpaired) electrons. The molecule has 0 aliphatic rings. The van der Waals surface area contributed by atoms with E-state index in [0.29, 0.717) is 0 Å². The molecule has 1 aromatic heterocycles. The number of aryl methyl sites for hydroxylation is 1. The van der Waals surface area contributed by atoms with Gasteiger partial charge >= 0.3 is 6.09 Å². The molecule has 0 fully saturated rings. The molecule has 0 saturated carbocycles. The van der Waals surface area contributed by atoms with Crippen LogP contribution in [0.3, 0.4) is 0 Å². The summed E-state index contributed by atoms with van der Waals surface area (Å²) >= 11 is 0. The van der Waals surface area contributed by atoms with Crippen LogP contribution < -0.4 is 10.6 Å². The van der Waals surface area contributed by atoms with E-state index in [2.05, 4.69) is 40.6 Å². The quantitative estimate of drug-likeness (QED) is 0.837. The first-order chi connectivity index (χ1) is 11.4. The van der Waals surface area contributed by atoms with Crippen LogP contribution in [0.5, 0.6) is 0 Å². The Bertz CT molecular complexity index is 654. The minimum Gasteiger partial charge on any atom is -0.444 e. The summed E-state index contributed by atoms with van der Waals surface area (Å²) in [4.78, 5) is 11.7. The van der Waals surface area contributed by atoms with E-state index in [4.69, 9.17) is 4.74 Å². The van der Waals surface area contributed by atoms with E-state index in [1.54, 1.807) is 0 Å². The van der Waals surface area contributed by atoms with Crippen molar-refractivity contribution in [3.63, 3.8) is 0 Å². The van der Waals surface area contributed by atoms with Gasteiger partial charge in [-0.3, -0.25) is 5.32 Å². The van der Waals surface area contributed by atoms with Crippen molar-refractivity contribution in [3.05, 3.63) is 53.9 Å². The van der Waals surface area contributed by atoms with Crippen molar-refractivity contribution in [2.24, 2.45) is 0 Å². The highest BCUT2D eigenvalue weighted by atomic mass is 16.6. The van der Waals surface area contributed by atoms with Gasteiger partial charge in [-0.25, -0.2) is 4.79 Å². The topological polar surface area (TPSA) is 55.3 Å². The molecular formula is C19H27N3O2. The second-order valence-corrected chi connectivity index (χ2v) is 6.78. The summed E-state index contributed by atoms with van der Waals surface area (Å²) in [5.41, 5.74) is 2.68. The van der Waals surface area contributed by atoms with Gasteiger partial charge in [0.25, 0.3) is 0 Å². The molecule has 0 aliphatic carbocycles. The molecule has 1 aromatic carbocycles. The molecule has 0 unspecified atom stereocenters. The number of ether oxygens (including phenoxy) is 1. The lowest BCUT2D eigenvalue weighted by Crippen LogP contribution is -2.27. The molecule has 2 aromatic rings. The van der Waals surface area contributed by atoms with Crippen LogP contribution in [0, 0.1) is 0 Å². The monoisotopic (exact) mass is 329 g/mol. The number of hydrogen-bond donors (Lipinski definition) is 2. The van der Waals surface area contributed by atoms with E-state index in [0.717, 1.165) is 25.3 Å². The van der Waals surface area contributed by atoms with Crippen molar-refractivity contribution in [2.45, 2.75) is 52.9 Å². The third kappa shape index (κ3) is 6.08. The maximum Gasteiger partial charge on any atom is 0.412 e. The fourth-order valence-electron chi connectivity index (χ4n) is 2.27. The van der Waals surface area contributed by atoms with Gasteiger partial charge < -0.3 is 14.6 Å². The number of carbonyl (C=O) groups excluding carboxylic acids is 1. The van der Waals surface area contributed by atoms with E-state index in [9.17, 15) is 4.79 Å². The third-order valence-electron chi connectivity index (χ3n) is 3.43. The zero-order chi connectivity index (χ0) is 17.6. The SMILES string of the molecule is CCn1ccc(CNCc2ccc(NC(=O)OC(C)(C)C)cc2)c1. The third-order valence-corrected chi connectivity index (χ3v) is 3.43. The second-order valence-electron chi connectivity index (χ2n) is 6.78. The Morgan fingerprint density at radius 2 is 1.75 bits per heavy atom. The Kier molecular flexibility index (Phi) is 6.04. The highest BCUT2D eigenvalue weighted by Gasteiger charge is 2.15. The molecule has 2 rings (SSSR count). The summed E-state index contributed by atoms with van der Waals surface area (Å²) in [6.07, 6.45) is 3.81. The van der Waals surface area contributed by atoms with Gasteiger partial charge in [0, 0.05) is 37.7 Å². The van der Waals surface area contributed by atoms with E-state index >= 15 is 0 Å². The van der Waals surface area contributed by atoms with E-state index in [1.807, 2.05) is 45.0 Å². The van der Waals surface area contributed by atoms with Crippen LogP contribution in [0.2, 0.25) is 0 Å². The largest absolute Gasteiger partial charge is 0.444 e. The van der Waals surface area contributed by atoms with Crippen LogP contribution in [-0.4, -0.2) is 16.3 Å². The summed E-state index contributed by atoms with van der Waals surface area (Å²) in [5, 5.41) is 6.15. The lowest BCUT2D eigenvalue weighted by atomic mass is 10.2. The lowest BCUT2D eigenvalue weighted by molar-refractivity contribution is 0.0636. The van der Waals surface area contributed by atoms with Gasteiger partial charge in [0.15, 0.2) is 0 Å². The van der Waals surface area contributed by atoms with Gasteiger partial charge in [0.05, 0.1) is 0 Å². The Morgan fingerprint density at radius 1 is 1.08 bits per heavy atom. The number of nitrogens with one attached hydrogen (secondary N) is 2. The predicted molar refractivity (Wildman–Crippen MR) is 96.9 cm³/mol. The molecule has 1 amide bonds.